The first-order chi connectivity index (χ1) is 13.2. The van der Waals surface area contributed by atoms with Gasteiger partial charge in [0, 0.05) is 29.8 Å². The monoisotopic (exact) mass is 367 g/mol. The maximum atomic E-state index is 12.2. The van der Waals surface area contributed by atoms with Crippen molar-refractivity contribution in [2.24, 2.45) is 0 Å². The highest BCUT2D eigenvalue weighted by molar-refractivity contribution is 5.84. The Bertz CT molecular complexity index is 910. The molecule has 0 spiro atoms. The molecule has 3 aromatic rings. The lowest BCUT2D eigenvalue weighted by Gasteiger charge is -2.14. The molecule has 0 unspecified atom stereocenters. The molecule has 1 amide bonds. The van der Waals surface area contributed by atoms with Crippen LogP contribution in [-0.2, 0) is 24.1 Å². The van der Waals surface area contributed by atoms with Crippen molar-refractivity contribution in [3.05, 3.63) is 53.7 Å². The Kier molecular flexibility index (Phi) is 5.19. The summed E-state index contributed by atoms with van der Waals surface area (Å²) in [5.41, 5.74) is 2.21. The number of carbonyl (C=O) groups is 1. The zero-order valence-electron chi connectivity index (χ0n) is 15.6. The fourth-order valence-corrected chi connectivity index (χ4v) is 3.68. The highest BCUT2D eigenvalue weighted by atomic mass is 16.5. The molecule has 5 nitrogen and oxygen atoms in total. The molecule has 1 aliphatic rings. The van der Waals surface area contributed by atoms with Crippen LogP contribution >= 0.6 is 0 Å². The molecule has 1 aliphatic carbocycles. The zero-order valence-corrected chi connectivity index (χ0v) is 15.6. The van der Waals surface area contributed by atoms with Gasteiger partial charge in [-0.1, -0.05) is 0 Å². The number of fused-ring (bicyclic) bond motifs is 3. The third-order valence-corrected chi connectivity index (χ3v) is 5.11. The molecule has 142 valence electrons. The van der Waals surface area contributed by atoms with E-state index < -0.39 is 0 Å². The minimum absolute atomic E-state index is 0.0106. The van der Waals surface area contributed by atoms with Gasteiger partial charge >= 0.3 is 0 Å². The maximum Gasteiger partial charge on any atom is 0.258 e. The molecule has 2 heterocycles. The number of hydrogen-bond donors (Lipinski definition) is 1. The lowest BCUT2D eigenvalue weighted by molar-refractivity contribution is -0.123. The Labute approximate surface area is 158 Å². The maximum absolute atomic E-state index is 12.2. The average molecular weight is 367 g/mol. The molecule has 1 N–H and O–H groups in total. The van der Waals surface area contributed by atoms with Crippen LogP contribution in [0.25, 0.3) is 11.0 Å². The number of hydrogen-bond acceptors (Lipinski definition) is 4. The van der Waals surface area contributed by atoms with Crippen molar-refractivity contribution >= 4 is 16.9 Å². The third-order valence-electron chi connectivity index (χ3n) is 5.11. The lowest BCUT2D eigenvalue weighted by Crippen LogP contribution is -2.36. The number of carbonyl (C=O) groups excluding carboxylic acids is 1. The molecule has 0 bridgehead atoms. The van der Waals surface area contributed by atoms with Gasteiger partial charge in [0.05, 0.1) is 6.26 Å². The first kappa shape index (κ1) is 17.7. The van der Waals surface area contributed by atoms with Crippen LogP contribution in [0.3, 0.4) is 0 Å². The highest BCUT2D eigenvalue weighted by Crippen LogP contribution is 2.33. The molecule has 0 radical (unpaired) electrons. The van der Waals surface area contributed by atoms with Gasteiger partial charge in [-0.15, -0.1) is 0 Å². The quantitative estimate of drug-likeness (QED) is 0.671. The second kappa shape index (κ2) is 7.91. The summed E-state index contributed by atoms with van der Waals surface area (Å²) in [7, 11) is 0. The van der Waals surface area contributed by atoms with Gasteiger partial charge in [-0.05, 0) is 62.9 Å². The molecule has 1 aromatic carbocycles. The zero-order chi connectivity index (χ0) is 18.6. The lowest BCUT2D eigenvalue weighted by atomic mass is 9.96. The first-order valence-electron chi connectivity index (χ1n) is 9.68. The molecule has 4 rings (SSSR count). The van der Waals surface area contributed by atoms with Gasteiger partial charge in [0.1, 0.15) is 22.9 Å². The minimum atomic E-state index is -0.115. The molecular formula is C22H25NO4. The molecule has 5 heteroatoms. The van der Waals surface area contributed by atoms with Gasteiger partial charge in [0.25, 0.3) is 5.91 Å². The van der Waals surface area contributed by atoms with Crippen molar-refractivity contribution in [1.82, 2.24) is 5.32 Å². The first-order valence-corrected chi connectivity index (χ1v) is 9.68. The van der Waals surface area contributed by atoms with Crippen molar-refractivity contribution < 1.29 is 18.4 Å². The highest BCUT2D eigenvalue weighted by Gasteiger charge is 2.18. The molecule has 0 saturated carbocycles. The van der Waals surface area contributed by atoms with E-state index in [1.54, 1.807) is 6.26 Å². The van der Waals surface area contributed by atoms with Crippen LogP contribution in [0.2, 0.25) is 0 Å². The van der Waals surface area contributed by atoms with Crippen LogP contribution in [-0.4, -0.2) is 18.6 Å². The molecule has 27 heavy (non-hydrogen) atoms. The van der Waals surface area contributed by atoms with Crippen LogP contribution in [0.15, 0.2) is 45.4 Å². The molecule has 1 atom stereocenters. The van der Waals surface area contributed by atoms with Crippen LogP contribution in [0.1, 0.15) is 43.3 Å². The molecule has 0 fully saturated rings. The number of rotatable bonds is 7. The summed E-state index contributed by atoms with van der Waals surface area (Å²) >= 11 is 0. The summed E-state index contributed by atoms with van der Waals surface area (Å²) in [6.07, 6.45) is 7.75. The van der Waals surface area contributed by atoms with E-state index in [0.29, 0.717) is 5.75 Å². The fourth-order valence-electron chi connectivity index (χ4n) is 3.68. The van der Waals surface area contributed by atoms with Crippen molar-refractivity contribution in [2.75, 3.05) is 6.61 Å². The van der Waals surface area contributed by atoms with Gasteiger partial charge in [-0.25, -0.2) is 0 Å². The SMILES string of the molecule is C[C@H](CCc1ccco1)NC(=O)COc1ccc2oc3c(c2c1)CCCC3. The Balaban J connectivity index is 1.30. The average Bonchev–Trinajstić information content (AvgIpc) is 3.32. The summed E-state index contributed by atoms with van der Waals surface area (Å²) in [5, 5.41) is 4.09. The van der Waals surface area contributed by atoms with Gasteiger partial charge in [0.2, 0.25) is 0 Å². The number of aryl methyl sites for hydroxylation is 3. The van der Waals surface area contributed by atoms with Crippen LogP contribution in [0.4, 0.5) is 0 Å². The van der Waals surface area contributed by atoms with Gasteiger partial charge < -0.3 is 18.9 Å². The number of ether oxygens (including phenoxy) is 1. The molecule has 0 saturated heterocycles. The summed E-state index contributed by atoms with van der Waals surface area (Å²) in [5.74, 6) is 2.63. The van der Waals surface area contributed by atoms with Gasteiger partial charge in [-0.3, -0.25) is 4.79 Å². The van der Waals surface area contributed by atoms with E-state index in [2.05, 4.69) is 5.32 Å². The smallest absolute Gasteiger partial charge is 0.258 e. The topological polar surface area (TPSA) is 64.6 Å². The predicted molar refractivity (Wildman–Crippen MR) is 103 cm³/mol. The Morgan fingerprint density at radius 3 is 3.00 bits per heavy atom. The van der Waals surface area contributed by atoms with E-state index in [9.17, 15) is 4.79 Å². The normalized spacial score (nSPS) is 14.7. The van der Waals surface area contributed by atoms with Crippen molar-refractivity contribution in [3.63, 3.8) is 0 Å². The van der Waals surface area contributed by atoms with Crippen molar-refractivity contribution in [3.8, 4) is 5.75 Å². The van der Waals surface area contributed by atoms with E-state index >= 15 is 0 Å². The second-order valence-electron chi connectivity index (χ2n) is 7.24. The largest absolute Gasteiger partial charge is 0.484 e. The van der Waals surface area contributed by atoms with Gasteiger partial charge in [-0.2, -0.15) is 0 Å². The van der Waals surface area contributed by atoms with E-state index in [1.165, 1.54) is 18.4 Å². The summed E-state index contributed by atoms with van der Waals surface area (Å²) in [6.45, 7) is 2.00. The molecular weight excluding hydrogens is 342 g/mol. The standard InChI is InChI=1S/C22H25NO4/c1-15(8-9-16-5-4-12-25-16)23-22(24)14-26-17-10-11-21-19(13-17)18-6-2-3-7-20(18)27-21/h4-5,10-13,15H,2-3,6-9,14H2,1H3,(H,23,24)/t15-/m1/s1. The number of furan rings is 2. The van der Waals surface area contributed by atoms with E-state index in [0.717, 1.165) is 48.2 Å². The predicted octanol–water partition coefficient (Wildman–Crippen LogP) is 4.42. The Hall–Kier alpha value is -2.69. The number of benzene rings is 1. The van der Waals surface area contributed by atoms with Crippen LogP contribution in [0.5, 0.6) is 5.75 Å². The number of amides is 1. The second-order valence-corrected chi connectivity index (χ2v) is 7.24. The molecule has 2 aromatic heterocycles. The Morgan fingerprint density at radius 2 is 2.15 bits per heavy atom. The van der Waals surface area contributed by atoms with Crippen LogP contribution in [0, 0.1) is 0 Å². The summed E-state index contributed by atoms with van der Waals surface area (Å²) < 4.78 is 17.0. The summed E-state index contributed by atoms with van der Waals surface area (Å²) in [6, 6.07) is 9.69. The van der Waals surface area contributed by atoms with Crippen molar-refractivity contribution in [1.29, 1.82) is 0 Å². The Morgan fingerprint density at radius 1 is 1.26 bits per heavy atom. The number of nitrogens with one attached hydrogen (secondary N) is 1. The van der Waals surface area contributed by atoms with E-state index in [4.69, 9.17) is 13.6 Å². The van der Waals surface area contributed by atoms with E-state index in [-0.39, 0.29) is 18.6 Å². The fraction of sp³-hybridized carbons (Fsp3) is 0.409. The van der Waals surface area contributed by atoms with E-state index in [1.807, 2.05) is 37.3 Å². The third kappa shape index (κ3) is 4.18. The van der Waals surface area contributed by atoms with Gasteiger partial charge in [0.15, 0.2) is 6.61 Å². The van der Waals surface area contributed by atoms with Crippen molar-refractivity contribution in [2.45, 2.75) is 51.5 Å². The van der Waals surface area contributed by atoms with Crippen LogP contribution < -0.4 is 10.1 Å². The summed E-state index contributed by atoms with van der Waals surface area (Å²) in [4.78, 5) is 12.2. The molecule has 0 aliphatic heterocycles. The minimum Gasteiger partial charge on any atom is -0.484 e.